The van der Waals surface area contributed by atoms with Gasteiger partial charge in [-0.2, -0.15) is 13.2 Å². The van der Waals surface area contributed by atoms with E-state index in [2.05, 4.69) is 15.0 Å². The lowest BCUT2D eigenvalue weighted by Gasteiger charge is -2.39. The molecule has 9 nitrogen and oxygen atoms in total. The average Bonchev–Trinajstić information content (AvgIpc) is 2.89. The fourth-order valence-corrected chi connectivity index (χ4v) is 3.76. The first-order valence-corrected chi connectivity index (χ1v) is 11.2. The SMILES string of the molecule is NC(=O)c1ccc(C(=O)NC2(c3ccc(OC(F)(F)F)c(F)c3)CCOc3cccnc32)cc1.O=C(O)C(F)(F)F. The highest BCUT2D eigenvalue weighted by Crippen LogP contribution is 2.42. The summed E-state index contributed by atoms with van der Waals surface area (Å²) in [6.07, 6.45) is -8.59. The predicted molar refractivity (Wildman–Crippen MR) is 124 cm³/mol. The Hall–Kier alpha value is -4.89. The molecule has 0 saturated heterocycles. The molecule has 218 valence electrons. The quantitative estimate of drug-likeness (QED) is 0.377. The maximum atomic E-state index is 14.6. The number of nitrogens with zero attached hydrogens (tertiary/aromatic N) is 1. The topological polar surface area (TPSA) is 141 Å². The number of hydrogen-bond donors (Lipinski definition) is 3. The number of ether oxygens (including phenoxy) is 2. The van der Waals surface area contributed by atoms with Crippen molar-refractivity contribution in [2.24, 2.45) is 5.73 Å². The van der Waals surface area contributed by atoms with Gasteiger partial charge < -0.3 is 25.6 Å². The number of benzene rings is 2. The highest BCUT2D eigenvalue weighted by molar-refractivity contribution is 5.97. The molecule has 4 N–H and O–H groups in total. The molecule has 1 atom stereocenters. The smallest absolute Gasteiger partial charge is 0.491 e. The number of aromatic nitrogens is 1. The largest absolute Gasteiger partial charge is 0.573 e. The van der Waals surface area contributed by atoms with Gasteiger partial charge in [0, 0.05) is 23.7 Å². The van der Waals surface area contributed by atoms with E-state index in [9.17, 15) is 40.3 Å². The number of nitrogens with one attached hydrogen (secondary N) is 1. The molecule has 16 heteroatoms. The molecule has 0 spiro atoms. The number of hydrogen-bond acceptors (Lipinski definition) is 6. The third kappa shape index (κ3) is 7.40. The Labute approximate surface area is 225 Å². The molecule has 0 fully saturated rings. The minimum Gasteiger partial charge on any atom is -0.491 e. The molecule has 3 aromatic rings. The first-order chi connectivity index (χ1) is 19.0. The minimum absolute atomic E-state index is 0.112. The molecule has 2 aromatic carbocycles. The number of carbonyl (C=O) groups is 3. The van der Waals surface area contributed by atoms with Gasteiger partial charge in [0.25, 0.3) is 5.91 Å². The summed E-state index contributed by atoms with van der Waals surface area (Å²) in [7, 11) is 0. The number of carboxylic acids is 1. The van der Waals surface area contributed by atoms with Crippen molar-refractivity contribution in [2.45, 2.75) is 24.5 Å². The summed E-state index contributed by atoms with van der Waals surface area (Å²) in [4.78, 5) is 37.7. The molecular formula is C25H18F7N3O6. The molecule has 1 unspecified atom stereocenters. The van der Waals surface area contributed by atoms with E-state index in [1.54, 1.807) is 12.1 Å². The maximum Gasteiger partial charge on any atom is 0.573 e. The van der Waals surface area contributed by atoms with Crippen LogP contribution in [0.1, 0.15) is 38.4 Å². The van der Waals surface area contributed by atoms with Crippen LogP contribution in [-0.2, 0) is 10.3 Å². The van der Waals surface area contributed by atoms with Crippen molar-refractivity contribution in [2.75, 3.05) is 6.61 Å². The van der Waals surface area contributed by atoms with Gasteiger partial charge in [-0.25, -0.2) is 9.18 Å². The highest BCUT2D eigenvalue weighted by Gasteiger charge is 2.43. The lowest BCUT2D eigenvalue weighted by atomic mass is 9.81. The Morgan fingerprint density at radius 2 is 1.61 bits per heavy atom. The van der Waals surface area contributed by atoms with Gasteiger partial charge in [0.1, 0.15) is 17.0 Å². The first-order valence-electron chi connectivity index (χ1n) is 11.2. The molecule has 41 heavy (non-hydrogen) atoms. The standard InChI is InChI=1S/C23H17F4N3O4.C2HF3O2/c24-16-12-15(7-8-17(16)34-23(25,26)27)22(9-11-33-18-2-1-10-29-19(18)22)30-21(32)14-5-3-13(4-6-14)20(28)31;3-2(4,5)1(6)7/h1-8,10,12H,9,11H2,(H2,28,31)(H,30,32);(H,6,7). The predicted octanol–water partition coefficient (Wildman–Crippen LogP) is 4.31. The number of alkyl halides is 6. The van der Waals surface area contributed by atoms with E-state index in [0.29, 0.717) is 5.75 Å². The Bertz CT molecular complexity index is 1440. The van der Waals surface area contributed by atoms with Gasteiger partial charge in [-0.3, -0.25) is 14.6 Å². The number of primary amides is 1. The van der Waals surface area contributed by atoms with Crippen LogP contribution in [0.15, 0.2) is 60.8 Å². The van der Waals surface area contributed by atoms with Crippen LogP contribution in [0.5, 0.6) is 11.5 Å². The van der Waals surface area contributed by atoms with Crippen LogP contribution in [0.3, 0.4) is 0 Å². The molecular weight excluding hydrogens is 571 g/mol. The van der Waals surface area contributed by atoms with E-state index in [1.165, 1.54) is 36.5 Å². The third-order valence-corrected chi connectivity index (χ3v) is 5.56. The van der Waals surface area contributed by atoms with E-state index in [1.807, 2.05) is 0 Å². The van der Waals surface area contributed by atoms with E-state index < -0.39 is 47.4 Å². The van der Waals surface area contributed by atoms with Crippen molar-refractivity contribution in [1.82, 2.24) is 10.3 Å². The summed E-state index contributed by atoms with van der Waals surface area (Å²) < 4.78 is 93.5. The summed E-state index contributed by atoms with van der Waals surface area (Å²) in [5.74, 6) is -5.96. The number of rotatable bonds is 5. The Morgan fingerprint density at radius 3 is 2.15 bits per heavy atom. The Morgan fingerprint density at radius 1 is 1.00 bits per heavy atom. The third-order valence-electron chi connectivity index (χ3n) is 5.56. The van der Waals surface area contributed by atoms with Gasteiger partial charge in [-0.05, 0) is 54.1 Å². The lowest BCUT2D eigenvalue weighted by molar-refractivity contribution is -0.275. The van der Waals surface area contributed by atoms with Crippen molar-refractivity contribution in [3.05, 3.63) is 89.0 Å². The van der Waals surface area contributed by atoms with Gasteiger partial charge in [0.05, 0.1) is 6.61 Å². The molecule has 4 rings (SSSR count). The summed E-state index contributed by atoms with van der Waals surface area (Å²) >= 11 is 0. The number of carboxylic acid groups (broad SMARTS) is 1. The lowest BCUT2D eigenvalue weighted by Crippen LogP contribution is -2.50. The number of halogens is 7. The van der Waals surface area contributed by atoms with Crippen molar-refractivity contribution < 1.29 is 59.7 Å². The fraction of sp³-hybridized carbons (Fsp3) is 0.200. The zero-order valence-corrected chi connectivity index (χ0v) is 20.3. The Kier molecular flexibility index (Phi) is 8.74. The molecule has 1 aliphatic heterocycles. The maximum absolute atomic E-state index is 14.6. The number of nitrogens with two attached hydrogens (primary N) is 1. The molecule has 0 radical (unpaired) electrons. The number of aliphatic carboxylic acids is 1. The number of carbonyl (C=O) groups excluding carboxylic acids is 2. The minimum atomic E-state index is -5.08. The highest BCUT2D eigenvalue weighted by atomic mass is 19.4. The van der Waals surface area contributed by atoms with Crippen molar-refractivity contribution in [3.8, 4) is 11.5 Å². The number of fused-ring (bicyclic) bond motifs is 1. The summed E-state index contributed by atoms with van der Waals surface area (Å²) in [5.41, 5.74) is 4.57. The number of amides is 2. The Balaban J connectivity index is 0.000000587. The molecule has 0 bridgehead atoms. The van der Waals surface area contributed by atoms with Crippen LogP contribution in [0, 0.1) is 5.82 Å². The second kappa shape index (κ2) is 11.7. The molecule has 1 aliphatic rings. The van der Waals surface area contributed by atoms with E-state index in [4.69, 9.17) is 20.4 Å². The van der Waals surface area contributed by atoms with Crippen molar-refractivity contribution in [1.29, 1.82) is 0 Å². The van der Waals surface area contributed by atoms with Crippen molar-refractivity contribution in [3.63, 3.8) is 0 Å². The van der Waals surface area contributed by atoms with Crippen LogP contribution in [0.2, 0.25) is 0 Å². The normalized spacial score (nSPS) is 16.3. The van der Waals surface area contributed by atoms with Gasteiger partial charge in [0.2, 0.25) is 5.91 Å². The van der Waals surface area contributed by atoms with E-state index >= 15 is 0 Å². The number of pyridine rings is 1. The fourth-order valence-electron chi connectivity index (χ4n) is 3.76. The first kappa shape index (κ1) is 30.6. The van der Waals surface area contributed by atoms with E-state index in [-0.39, 0.29) is 35.4 Å². The van der Waals surface area contributed by atoms with E-state index in [0.717, 1.165) is 12.1 Å². The molecule has 2 heterocycles. The van der Waals surface area contributed by atoms with Crippen molar-refractivity contribution >= 4 is 17.8 Å². The summed E-state index contributed by atoms with van der Waals surface area (Å²) in [5, 5.41) is 9.96. The summed E-state index contributed by atoms with van der Waals surface area (Å²) in [6.45, 7) is 0.113. The molecule has 0 saturated carbocycles. The van der Waals surface area contributed by atoms with Crippen LogP contribution in [0.25, 0.3) is 0 Å². The van der Waals surface area contributed by atoms with Crippen LogP contribution < -0.4 is 20.5 Å². The van der Waals surface area contributed by atoms with Crippen LogP contribution in [0.4, 0.5) is 30.7 Å². The molecule has 0 aliphatic carbocycles. The summed E-state index contributed by atoms with van der Waals surface area (Å²) in [6, 6.07) is 11.7. The van der Waals surface area contributed by atoms with Gasteiger partial charge in [0.15, 0.2) is 11.6 Å². The van der Waals surface area contributed by atoms with Gasteiger partial charge in [-0.15, -0.1) is 13.2 Å². The van der Waals surface area contributed by atoms with Gasteiger partial charge in [-0.1, -0.05) is 6.07 Å². The van der Waals surface area contributed by atoms with Crippen LogP contribution in [-0.4, -0.2) is 47.0 Å². The zero-order chi connectivity index (χ0) is 30.6. The second-order valence-corrected chi connectivity index (χ2v) is 8.25. The van der Waals surface area contributed by atoms with Gasteiger partial charge >= 0.3 is 18.5 Å². The molecule has 2 amide bonds. The molecule has 1 aromatic heterocycles. The average molecular weight is 589 g/mol. The van der Waals surface area contributed by atoms with Crippen LogP contribution >= 0.6 is 0 Å². The monoisotopic (exact) mass is 589 g/mol. The second-order valence-electron chi connectivity index (χ2n) is 8.25. The zero-order valence-electron chi connectivity index (χ0n) is 20.3.